The molecule has 1 N–H and O–H groups in total. The van der Waals surface area contributed by atoms with E-state index in [9.17, 15) is 4.79 Å². The number of anilines is 1. The van der Waals surface area contributed by atoms with E-state index < -0.39 is 6.10 Å². The minimum atomic E-state index is -0.539. The lowest BCUT2D eigenvalue weighted by Gasteiger charge is -2.22. The average Bonchev–Trinajstić information content (AvgIpc) is 2.55. The van der Waals surface area contributed by atoms with Crippen molar-refractivity contribution in [3.05, 3.63) is 58.1 Å². The summed E-state index contributed by atoms with van der Waals surface area (Å²) in [6, 6.07) is 13.7. The van der Waals surface area contributed by atoms with Gasteiger partial charge in [-0.1, -0.05) is 34.1 Å². The summed E-state index contributed by atoms with van der Waals surface area (Å²) >= 11 is 3.40. The molecule has 0 unspecified atom stereocenters. The number of hydrogen-bond acceptors (Lipinski definition) is 2. The van der Waals surface area contributed by atoms with E-state index in [1.807, 2.05) is 36.4 Å². The number of rotatable bonds is 4. The average molecular weight is 374 g/mol. The normalized spacial score (nSPS) is 14.7. The van der Waals surface area contributed by atoms with Gasteiger partial charge >= 0.3 is 0 Å². The SMILES string of the molecule is C[C@H](Oc1cccc2c1CCCC2)C(=O)Nc1cccc(Br)c1. The van der Waals surface area contributed by atoms with Crippen molar-refractivity contribution in [1.29, 1.82) is 0 Å². The van der Waals surface area contributed by atoms with Gasteiger partial charge in [-0.2, -0.15) is 0 Å². The van der Waals surface area contributed by atoms with Crippen LogP contribution in [0.15, 0.2) is 46.9 Å². The molecule has 0 saturated carbocycles. The summed E-state index contributed by atoms with van der Waals surface area (Å²) in [6.45, 7) is 1.79. The number of halogens is 1. The topological polar surface area (TPSA) is 38.3 Å². The lowest BCUT2D eigenvalue weighted by atomic mass is 9.91. The zero-order chi connectivity index (χ0) is 16.2. The molecule has 1 amide bonds. The highest BCUT2D eigenvalue weighted by atomic mass is 79.9. The summed E-state index contributed by atoms with van der Waals surface area (Å²) in [5, 5.41) is 2.89. The third-order valence-corrected chi connectivity index (χ3v) is 4.61. The highest BCUT2D eigenvalue weighted by molar-refractivity contribution is 9.10. The van der Waals surface area contributed by atoms with E-state index in [1.165, 1.54) is 24.0 Å². The van der Waals surface area contributed by atoms with Crippen molar-refractivity contribution in [3.8, 4) is 5.75 Å². The maximum absolute atomic E-state index is 12.3. The molecule has 0 aliphatic heterocycles. The molecule has 0 radical (unpaired) electrons. The van der Waals surface area contributed by atoms with Gasteiger partial charge in [-0.05, 0) is 68.0 Å². The summed E-state index contributed by atoms with van der Waals surface area (Å²) < 4.78 is 6.88. The van der Waals surface area contributed by atoms with E-state index in [4.69, 9.17) is 4.74 Å². The predicted octanol–water partition coefficient (Wildman–Crippen LogP) is 4.73. The fourth-order valence-electron chi connectivity index (χ4n) is 2.91. The van der Waals surface area contributed by atoms with Crippen LogP contribution in [0.25, 0.3) is 0 Å². The number of hydrogen-bond donors (Lipinski definition) is 1. The van der Waals surface area contributed by atoms with Crippen LogP contribution in [0.2, 0.25) is 0 Å². The molecule has 1 aliphatic carbocycles. The molecule has 4 heteroatoms. The molecule has 2 aromatic carbocycles. The Bertz CT molecular complexity index is 714. The summed E-state index contributed by atoms with van der Waals surface area (Å²) in [7, 11) is 0. The Balaban J connectivity index is 1.69. The molecule has 3 nitrogen and oxygen atoms in total. The molecule has 0 fully saturated rings. The quantitative estimate of drug-likeness (QED) is 0.840. The zero-order valence-corrected chi connectivity index (χ0v) is 14.7. The number of aryl methyl sites for hydroxylation is 1. The van der Waals surface area contributed by atoms with Crippen LogP contribution >= 0.6 is 15.9 Å². The first-order valence-corrected chi connectivity index (χ1v) is 8.76. The third-order valence-electron chi connectivity index (χ3n) is 4.12. The van der Waals surface area contributed by atoms with Gasteiger partial charge in [0.2, 0.25) is 0 Å². The van der Waals surface area contributed by atoms with Crippen LogP contribution in [0.3, 0.4) is 0 Å². The largest absolute Gasteiger partial charge is 0.481 e. The molecular formula is C19H20BrNO2. The second kappa shape index (κ2) is 7.18. The lowest BCUT2D eigenvalue weighted by Crippen LogP contribution is -2.30. The van der Waals surface area contributed by atoms with E-state index in [0.717, 1.165) is 28.8 Å². The van der Waals surface area contributed by atoms with Crippen molar-refractivity contribution in [2.24, 2.45) is 0 Å². The number of benzene rings is 2. The van der Waals surface area contributed by atoms with Gasteiger partial charge in [-0.3, -0.25) is 4.79 Å². The molecule has 3 rings (SSSR count). The maximum Gasteiger partial charge on any atom is 0.265 e. The molecule has 120 valence electrons. The standard InChI is InChI=1S/C19H20BrNO2/c1-13(19(22)21-16-9-5-8-15(20)12-16)23-18-11-4-7-14-6-2-3-10-17(14)18/h4-5,7-9,11-13H,2-3,6,10H2,1H3,(H,21,22)/t13-/m0/s1. The number of carbonyl (C=O) groups excluding carboxylic acids is 1. The first-order chi connectivity index (χ1) is 11.1. The van der Waals surface area contributed by atoms with Gasteiger partial charge in [0, 0.05) is 10.2 Å². The number of nitrogens with one attached hydrogen (secondary N) is 1. The highest BCUT2D eigenvalue weighted by Gasteiger charge is 2.19. The molecular weight excluding hydrogens is 354 g/mol. The number of fused-ring (bicyclic) bond motifs is 1. The van der Waals surface area contributed by atoms with Crippen LogP contribution < -0.4 is 10.1 Å². The summed E-state index contributed by atoms with van der Waals surface area (Å²) in [5.41, 5.74) is 3.38. The smallest absolute Gasteiger partial charge is 0.265 e. The van der Waals surface area contributed by atoms with E-state index >= 15 is 0 Å². The van der Waals surface area contributed by atoms with Gasteiger partial charge in [0.1, 0.15) is 5.75 Å². The Morgan fingerprint density at radius 2 is 1.96 bits per heavy atom. The van der Waals surface area contributed by atoms with E-state index in [-0.39, 0.29) is 5.91 Å². The number of ether oxygens (including phenoxy) is 1. The monoisotopic (exact) mass is 373 g/mol. The van der Waals surface area contributed by atoms with Crippen molar-refractivity contribution in [3.63, 3.8) is 0 Å². The first kappa shape index (κ1) is 16.1. The Labute approximate surface area is 145 Å². The Morgan fingerprint density at radius 1 is 1.17 bits per heavy atom. The second-order valence-electron chi connectivity index (χ2n) is 5.86. The Morgan fingerprint density at radius 3 is 2.78 bits per heavy atom. The molecule has 0 saturated heterocycles. The molecule has 0 spiro atoms. The maximum atomic E-state index is 12.3. The minimum Gasteiger partial charge on any atom is -0.481 e. The molecule has 0 bridgehead atoms. The summed E-state index contributed by atoms with van der Waals surface area (Å²) in [5.74, 6) is 0.704. The molecule has 1 atom stereocenters. The zero-order valence-electron chi connectivity index (χ0n) is 13.1. The van der Waals surface area contributed by atoms with Crippen LogP contribution in [0.1, 0.15) is 30.9 Å². The number of carbonyl (C=O) groups is 1. The summed E-state index contributed by atoms with van der Waals surface area (Å²) in [4.78, 5) is 12.3. The van der Waals surface area contributed by atoms with E-state index in [2.05, 4.69) is 27.3 Å². The van der Waals surface area contributed by atoms with Gasteiger partial charge in [0.15, 0.2) is 6.10 Å². The van der Waals surface area contributed by atoms with Crippen LogP contribution in [-0.4, -0.2) is 12.0 Å². The summed E-state index contributed by atoms with van der Waals surface area (Å²) in [6.07, 6.45) is 4.01. The lowest BCUT2D eigenvalue weighted by molar-refractivity contribution is -0.122. The molecule has 0 aromatic heterocycles. The van der Waals surface area contributed by atoms with E-state index in [1.54, 1.807) is 6.92 Å². The van der Waals surface area contributed by atoms with Crippen molar-refractivity contribution >= 4 is 27.5 Å². The van der Waals surface area contributed by atoms with Crippen LogP contribution in [0, 0.1) is 0 Å². The highest BCUT2D eigenvalue weighted by Crippen LogP contribution is 2.30. The van der Waals surface area contributed by atoms with Gasteiger partial charge in [-0.15, -0.1) is 0 Å². The Kier molecular flexibility index (Phi) is 5.01. The van der Waals surface area contributed by atoms with Crippen LogP contribution in [0.5, 0.6) is 5.75 Å². The Hall–Kier alpha value is -1.81. The number of amides is 1. The second-order valence-corrected chi connectivity index (χ2v) is 6.78. The van der Waals surface area contributed by atoms with Gasteiger partial charge in [0.25, 0.3) is 5.91 Å². The molecule has 23 heavy (non-hydrogen) atoms. The van der Waals surface area contributed by atoms with Crippen molar-refractivity contribution < 1.29 is 9.53 Å². The predicted molar refractivity (Wildman–Crippen MR) is 95.9 cm³/mol. The third kappa shape index (κ3) is 3.94. The molecule has 0 heterocycles. The van der Waals surface area contributed by atoms with Gasteiger partial charge < -0.3 is 10.1 Å². The minimum absolute atomic E-state index is 0.142. The van der Waals surface area contributed by atoms with Crippen molar-refractivity contribution in [1.82, 2.24) is 0 Å². The van der Waals surface area contributed by atoms with Gasteiger partial charge in [0.05, 0.1) is 0 Å². The molecule has 2 aromatic rings. The first-order valence-electron chi connectivity index (χ1n) is 7.97. The fraction of sp³-hybridized carbons (Fsp3) is 0.316. The van der Waals surface area contributed by atoms with Crippen molar-refractivity contribution in [2.75, 3.05) is 5.32 Å². The molecule has 1 aliphatic rings. The fourth-order valence-corrected chi connectivity index (χ4v) is 3.31. The van der Waals surface area contributed by atoms with Crippen LogP contribution in [-0.2, 0) is 17.6 Å². The van der Waals surface area contributed by atoms with Crippen LogP contribution in [0.4, 0.5) is 5.69 Å². The van der Waals surface area contributed by atoms with E-state index in [0.29, 0.717) is 0 Å². The van der Waals surface area contributed by atoms with Gasteiger partial charge in [-0.25, -0.2) is 0 Å². The van der Waals surface area contributed by atoms with Crippen molar-refractivity contribution in [2.45, 2.75) is 38.7 Å².